The van der Waals surface area contributed by atoms with Crippen LogP contribution in [-0.2, 0) is 25.5 Å². The smallest absolute Gasteiger partial charge is 0.326 e. The standard InChI is InChI=1S/C13H14ClNO5/c1-8(16)20-7-12(17)15-11(13(18)19)6-9-2-4-10(14)5-3-9/h2-5,11H,6-7H2,1H3,(H,15,17)(H,18,19)/t11-/m1/s1. The van der Waals surface area contributed by atoms with Crippen molar-refractivity contribution in [3.8, 4) is 0 Å². The van der Waals surface area contributed by atoms with Gasteiger partial charge in [-0.2, -0.15) is 0 Å². The highest BCUT2D eigenvalue weighted by Gasteiger charge is 2.20. The maximum absolute atomic E-state index is 11.4. The second kappa shape index (κ2) is 7.49. The van der Waals surface area contributed by atoms with E-state index in [0.717, 1.165) is 12.5 Å². The number of nitrogens with one attached hydrogen (secondary N) is 1. The first-order chi connectivity index (χ1) is 9.38. The van der Waals surface area contributed by atoms with E-state index in [-0.39, 0.29) is 6.42 Å². The van der Waals surface area contributed by atoms with Gasteiger partial charge in [-0.15, -0.1) is 0 Å². The Morgan fingerprint density at radius 2 is 1.90 bits per heavy atom. The van der Waals surface area contributed by atoms with Gasteiger partial charge in [0, 0.05) is 18.4 Å². The van der Waals surface area contributed by atoms with Crippen molar-refractivity contribution >= 4 is 29.4 Å². The summed E-state index contributed by atoms with van der Waals surface area (Å²) in [7, 11) is 0. The molecule has 108 valence electrons. The Hall–Kier alpha value is -2.08. The number of esters is 1. The number of carbonyl (C=O) groups is 3. The summed E-state index contributed by atoms with van der Waals surface area (Å²) in [6, 6.07) is 5.53. The number of ether oxygens (including phenoxy) is 1. The lowest BCUT2D eigenvalue weighted by molar-refractivity contribution is -0.148. The maximum Gasteiger partial charge on any atom is 0.326 e. The van der Waals surface area contributed by atoms with Gasteiger partial charge in [-0.1, -0.05) is 23.7 Å². The summed E-state index contributed by atoms with van der Waals surface area (Å²) in [5.41, 5.74) is 0.717. The fourth-order valence-corrected chi connectivity index (χ4v) is 1.59. The minimum Gasteiger partial charge on any atom is -0.480 e. The fourth-order valence-electron chi connectivity index (χ4n) is 1.46. The number of halogens is 1. The molecule has 1 amide bonds. The molecule has 1 atom stereocenters. The predicted molar refractivity (Wildman–Crippen MR) is 71.4 cm³/mol. The third kappa shape index (κ3) is 5.71. The zero-order valence-electron chi connectivity index (χ0n) is 10.8. The largest absolute Gasteiger partial charge is 0.480 e. The number of carbonyl (C=O) groups excluding carboxylic acids is 2. The van der Waals surface area contributed by atoms with Crippen molar-refractivity contribution in [2.45, 2.75) is 19.4 Å². The van der Waals surface area contributed by atoms with E-state index in [9.17, 15) is 14.4 Å². The molecule has 1 aromatic rings. The molecule has 6 nitrogen and oxygen atoms in total. The van der Waals surface area contributed by atoms with Gasteiger partial charge < -0.3 is 15.2 Å². The first kappa shape index (κ1) is 16.0. The van der Waals surface area contributed by atoms with Crippen LogP contribution in [-0.4, -0.2) is 35.6 Å². The first-order valence-electron chi connectivity index (χ1n) is 5.78. The third-order valence-corrected chi connectivity index (χ3v) is 2.64. The second-order valence-corrected chi connectivity index (χ2v) is 4.51. The molecule has 7 heteroatoms. The summed E-state index contributed by atoms with van der Waals surface area (Å²) in [5.74, 6) is -2.44. The Labute approximate surface area is 120 Å². The monoisotopic (exact) mass is 299 g/mol. The van der Waals surface area contributed by atoms with Crippen molar-refractivity contribution in [3.63, 3.8) is 0 Å². The molecule has 0 saturated heterocycles. The number of hydrogen-bond acceptors (Lipinski definition) is 4. The molecule has 0 spiro atoms. The lowest BCUT2D eigenvalue weighted by Gasteiger charge is -2.14. The molecule has 20 heavy (non-hydrogen) atoms. The molecule has 0 aliphatic heterocycles. The van der Waals surface area contributed by atoms with Crippen molar-refractivity contribution in [3.05, 3.63) is 34.9 Å². The van der Waals surface area contributed by atoms with Crippen LogP contribution in [0.1, 0.15) is 12.5 Å². The predicted octanol–water partition coefficient (Wildman–Crippen LogP) is 1.01. The van der Waals surface area contributed by atoms with Crippen LogP contribution in [0.5, 0.6) is 0 Å². The Kier molecular flexibility index (Phi) is 5.99. The topological polar surface area (TPSA) is 92.7 Å². The minimum atomic E-state index is -1.17. The Morgan fingerprint density at radius 1 is 1.30 bits per heavy atom. The van der Waals surface area contributed by atoms with E-state index in [1.54, 1.807) is 24.3 Å². The summed E-state index contributed by atoms with van der Waals surface area (Å²) in [4.78, 5) is 33.1. The van der Waals surface area contributed by atoms with Gasteiger partial charge in [0.2, 0.25) is 0 Å². The van der Waals surface area contributed by atoms with Gasteiger partial charge in [0.1, 0.15) is 6.04 Å². The van der Waals surface area contributed by atoms with Crippen molar-refractivity contribution < 1.29 is 24.2 Å². The number of hydrogen-bond donors (Lipinski definition) is 2. The van der Waals surface area contributed by atoms with Crippen molar-refractivity contribution in [2.75, 3.05) is 6.61 Å². The van der Waals surface area contributed by atoms with Gasteiger partial charge in [0.15, 0.2) is 6.61 Å². The highest BCUT2D eigenvalue weighted by Crippen LogP contribution is 2.11. The van der Waals surface area contributed by atoms with Gasteiger partial charge in [-0.3, -0.25) is 9.59 Å². The zero-order valence-corrected chi connectivity index (χ0v) is 11.5. The molecule has 0 unspecified atom stereocenters. The summed E-state index contributed by atoms with van der Waals surface area (Å²) < 4.78 is 4.49. The minimum absolute atomic E-state index is 0.109. The number of amides is 1. The summed E-state index contributed by atoms with van der Waals surface area (Å²) in [5, 5.41) is 11.9. The number of carboxylic acid groups (broad SMARTS) is 1. The van der Waals surface area contributed by atoms with Gasteiger partial charge in [-0.25, -0.2) is 4.79 Å². The molecule has 0 fully saturated rings. The van der Waals surface area contributed by atoms with Gasteiger partial charge in [0.25, 0.3) is 5.91 Å². The molecule has 2 N–H and O–H groups in total. The van der Waals surface area contributed by atoms with E-state index in [1.165, 1.54) is 0 Å². The molecule has 0 aliphatic rings. The van der Waals surface area contributed by atoms with E-state index in [2.05, 4.69) is 10.1 Å². The molecule has 1 rings (SSSR count). The number of carboxylic acids is 1. The van der Waals surface area contributed by atoms with E-state index in [4.69, 9.17) is 16.7 Å². The average Bonchev–Trinajstić information content (AvgIpc) is 2.38. The highest BCUT2D eigenvalue weighted by atomic mass is 35.5. The molecule has 1 aromatic carbocycles. The maximum atomic E-state index is 11.4. The highest BCUT2D eigenvalue weighted by molar-refractivity contribution is 6.30. The zero-order chi connectivity index (χ0) is 15.1. The van der Waals surface area contributed by atoms with Crippen LogP contribution in [0.3, 0.4) is 0 Å². The Balaban J connectivity index is 2.60. The van der Waals surface area contributed by atoms with Crippen LogP contribution >= 0.6 is 11.6 Å². The molecule has 0 saturated carbocycles. The fraction of sp³-hybridized carbons (Fsp3) is 0.308. The van der Waals surface area contributed by atoms with Crippen LogP contribution < -0.4 is 5.32 Å². The molecule has 0 aromatic heterocycles. The number of rotatable bonds is 6. The van der Waals surface area contributed by atoms with Crippen molar-refractivity contribution in [2.24, 2.45) is 0 Å². The SMILES string of the molecule is CC(=O)OCC(=O)N[C@H](Cc1ccc(Cl)cc1)C(=O)O. The average molecular weight is 300 g/mol. The van der Waals surface area contributed by atoms with Gasteiger partial charge >= 0.3 is 11.9 Å². The summed E-state index contributed by atoms with van der Waals surface area (Å²) in [6.07, 6.45) is 0.109. The Bertz CT molecular complexity index is 500. The molecule has 0 bridgehead atoms. The van der Waals surface area contributed by atoms with Crippen LogP contribution in [0.25, 0.3) is 0 Å². The quantitative estimate of drug-likeness (QED) is 0.765. The second-order valence-electron chi connectivity index (χ2n) is 4.07. The number of benzene rings is 1. The normalized spacial score (nSPS) is 11.5. The van der Waals surface area contributed by atoms with E-state index in [0.29, 0.717) is 5.02 Å². The van der Waals surface area contributed by atoms with Crippen LogP contribution in [0.15, 0.2) is 24.3 Å². The molecule has 0 aliphatic carbocycles. The van der Waals surface area contributed by atoms with E-state index >= 15 is 0 Å². The molecular weight excluding hydrogens is 286 g/mol. The van der Waals surface area contributed by atoms with Crippen molar-refractivity contribution in [1.82, 2.24) is 5.32 Å². The van der Waals surface area contributed by atoms with Crippen LogP contribution in [0.2, 0.25) is 5.02 Å². The molecule has 0 radical (unpaired) electrons. The Morgan fingerprint density at radius 3 is 2.40 bits per heavy atom. The third-order valence-electron chi connectivity index (χ3n) is 2.39. The van der Waals surface area contributed by atoms with Gasteiger partial charge in [-0.05, 0) is 17.7 Å². The lowest BCUT2D eigenvalue weighted by atomic mass is 10.1. The van der Waals surface area contributed by atoms with Crippen molar-refractivity contribution in [1.29, 1.82) is 0 Å². The van der Waals surface area contributed by atoms with Crippen LogP contribution in [0.4, 0.5) is 0 Å². The van der Waals surface area contributed by atoms with E-state index in [1.807, 2.05) is 0 Å². The molecular formula is C13H14ClNO5. The number of aliphatic carboxylic acids is 1. The summed E-state index contributed by atoms with van der Waals surface area (Å²) >= 11 is 5.73. The first-order valence-corrected chi connectivity index (χ1v) is 6.16. The lowest BCUT2D eigenvalue weighted by Crippen LogP contribution is -2.44. The van der Waals surface area contributed by atoms with Gasteiger partial charge in [0.05, 0.1) is 0 Å². The molecule has 0 heterocycles. The summed E-state index contributed by atoms with van der Waals surface area (Å²) in [6.45, 7) is 0.662. The van der Waals surface area contributed by atoms with E-state index < -0.39 is 30.5 Å². The van der Waals surface area contributed by atoms with Crippen LogP contribution in [0, 0.1) is 0 Å².